The van der Waals surface area contributed by atoms with Gasteiger partial charge in [0.15, 0.2) is 5.13 Å². The maximum atomic E-state index is 12.1. The highest BCUT2D eigenvalue weighted by Gasteiger charge is 2.30. The van der Waals surface area contributed by atoms with Crippen molar-refractivity contribution in [2.75, 3.05) is 10.4 Å². The predicted octanol–water partition coefficient (Wildman–Crippen LogP) is 2.68. The molecule has 1 N–H and O–H groups in total. The van der Waals surface area contributed by atoms with E-state index in [9.17, 15) is 9.59 Å². The number of nitrogens with one attached hydrogen (secondary N) is 1. The van der Waals surface area contributed by atoms with Crippen LogP contribution in [0.5, 0.6) is 0 Å². The highest BCUT2D eigenvalue weighted by Crippen LogP contribution is 2.45. The van der Waals surface area contributed by atoms with Crippen LogP contribution >= 0.6 is 34.9 Å². The lowest BCUT2D eigenvalue weighted by Crippen LogP contribution is -2.26. The van der Waals surface area contributed by atoms with E-state index in [-0.39, 0.29) is 11.7 Å². The Kier molecular flexibility index (Phi) is 4.89. The van der Waals surface area contributed by atoms with Crippen molar-refractivity contribution in [2.45, 2.75) is 20.0 Å². The van der Waals surface area contributed by atoms with E-state index in [2.05, 4.69) is 10.3 Å². The minimum Gasteiger partial charge on any atom is -0.459 e. The third-order valence-electron chi connectivity index (χ3n) is 2.01. The molecule has 1 aliphatic heterocycles. The maximum Gasteiger partial charge on any atom is 0.345 e. The average Bonchev–Trinajstić information content (AvgIpc) is 2.74. The summed E-state index contributed by atoms with van der Waals surface area (Å²) in [6, 6.07) is 0. The number of carbonyl (C=O) groups is 2. The van der Waals surface area contributed by atoms with Crippen LogP contribution in [0, 0.1) is 0 Å². The molecule has 8 heteroatoms. The van der Waals surface area contributed by atoms with Gasteiger partial charge in [0.05, 0.1) is 10.3 Å². The van der Waals surface area contributed by atoms with Gasteiger partial charge in [0.1, 0.15) is 5.57 Å². The van der Waals surface area contributed by atoms with Gasteiger partial charge in [-0.2, -0.15) is 0 Å². The molecule has 1 aliphatic rings. The molecule has 1 aromatic rings. The van der Waals surface area contributed by atoms with Gasteiger partial charge in [0.25, 0.3) is 5.91 Å². The lowest BCUT2D eigenvalue weighted by atomic mass is 10.3. The van der Waals surface area contributed by atoms with Crippen LogP contribution in [-0.4, -0.2) is 28.0 Å². The zero-order valence-electron chi connectivity index (χ0n) is 10.3. The second kappa shape index (κ2) is 6.44. The number of aromatic nitrogens is 1. The van der Waals surface area contributed by atoms with Gasteiger partial charge in [-0.1, -0.05) is 0 Å². The number of rotatable bonds is 4. The van der Waals surface area contributed by atoms with Gasteiger partial charge in [0, 0.05) is 16.7 Å². The lowest BCUT2D eigenvalue weighted by Gasteiger charge is -2.19. The fourth-order valence-electron chi connectivity index (χ4n) is 1.25. The molecular weight excluding hydrogens is 304 g/mol. The van der Waals surface area contributed by atoms with Crippen molar-refractivity contribution in [3.05, 3.63) is 21.4 Å². The number of esters is 1. The molecule has 2 rings (SSSR count). The second-order valence-corrected chi connectivity index (χ2v) is 7.30. The van der Waals surface area contributed by atoms with E-state index in [1.54, 1.807) is 25.4 Å². The Balaban J connectivity index is 2.14. The molecule has 0 aliphatic carbocycles. The Labute approximate surface area is 123 Å². The van der Waals surface area contributed by atoms with Gasteiger partial charge in [-0.25, -0.2) is 9.78 Å². The van der Waals surface area contributed by atoms with Gasteiger partial charge in [0.2, 0.25) is 0 Å². The summed E-state index contributed by atoms with van der Waals surface area (Å²) >= 11 is 4.25. The Morgan fingerprint density at radius 2 is 2.16 bits per heavy atom. The highest BCUT2D eigenvalue weighted by atomic mass is 32.3. The molecule has 0 saturated carbocycles. The third kappa shape index (κ3) is 3.74. The van der Waals surface area contributed by atoms with E-state index in [4.69, 9.17) is 4.74 Å². The molecule has 102 valence electrons. The highest BCUT2D eigenvalue weighted by molar-refractivity contribution is 8.37. The molecule has 1 aromatic heterocycles. The Hall–Kier alpha value is -0.990. The van der Waals surface area contributed by atoms with Crippen molar-refractivity contribution in [2.24, 2.45) is 0 Å². The van der Waals surface area contributed by atoms with Crippen molar-refractivity contribution >= 4 is 51.9 Å². The van der Waals surface area contributed by atoms with Crippen LogP contribution in [0.2, 0.25) is 0 Å². The monoisotopic (exact) mass is 316 g/mol. The molecule has 0 bridgehead atoms. The Morgan fingerprint density at radius 1 is 1.42 bits per heavy atom. The number of ether oxygens (including phenoxy) is 1. The fourth-order valence-corrected chi connectivity index (χ4v) is 3.36. The van der Waals surface area contributed by atoms with Crippen LogP contribution in [0.3, 0.4) is 0 Å². The number of carbonyl (C=O) groups excluding carboxylic acids is 2. The molecule has 1 amide bonds. The molecule has 1 fully saturated rings. The molecule has 0 unspecified atom stereocenters. The summed E-state index contributed by atoms with van der Waals surface area (Å²) in [5.74, 6) is -1.05. The van der Waals surface area contributed by atoms with Crippen LogP contribution < -0.4 is 5.32 Å². The molecule has 0 aromatic carbocycles. The second-order valence-electron chi connectivity index (χ2n) is 3.81. The normalized spacial score (nSPS) is 13.9. The van der Waals surface area contributed by atoms with Crippen molar-refractivity contribution in [1.29, 1.82) is 0 Å². The number of hydrogen-bond acceptors (Lipinski definition) is 7. The van der Waals surface area contributed by atoms with Gasteiger partial charge >= 0.3 is 5.97 Å². The molecule has 1 saturated heterocycles. The lowest BCUT2D eigenvalue weighted by molar-refractivity contribution is -0.143. The SMILES string of the molecule is CC(C)OC(=O)C(C(=O)Nc1nccs1)=C1SCS1. The van der Waals surface area contributed by atoms with Crippen LogP contribution in [-0.2, 0) is 14.3 Å². The van der Waals surface area contributed by atoms with Crippen LogP contribution in [0.25, 0.3) is 0 Å². The molecule has 0 spiro atoms. The maximum absolute atomic E-state index is 12.1. The molecule has 5 nitrogen and oxygen atoms in total. The van der Waals surface area contributed by atoms with E-state index >= 15 is 0 Å². The minimum absolute atomic E-state index is 0.0742. The Morgan fingerprint density at radius 3 is 2.63 bits per heavy atom. The molecule has 0 radical (unpaired) electrons. The topological polar surface area (TPSA) is 68.3 Å². The van der Waals surface area contributed by atoms with Crippen molar-refractivity contribution < 1.29 is 14.3 Å². The fraction of sp³-hybridized carbons (Fsp3) is 0.364. The summed E-state index contributed by atoms with van der Waals surface area (Å²) in [4.78, 5) is 28.1. The summed E-state index contributed by atoms with van der Waals surface area (Å²) in [7, 11) is 0. The first kappa shape index (κ1) is 14.4. The molecular formula is C11H12N2O3S3. The van der Waals surface area contributed by atoms with Gasteiger partial charge in [-0.15, -0.1) is 34.9 Å². The van der Waals surface area contributed by atoms with Gasteiger partial charge in [-0.3, -0.25) is 10.1 Å². The smallest absolute Gasteiger partial charge is 0.345 e. The van der Waals surface area contributed by atoms with Gasteiger partial charge in [-0.05, 0) is 13.8 Å². The third-order valence-corrected chi connectivity index (χ3v) is 5.28. The number of thioether (sulfide) groups is 2. The summed E-state index contributed by atoms with van der Waals surface area (Å²) in [6.07, 6.45) is 1.33. The number of amides is 1. The van der Waals surface area contributed by atoms with Crippen molar-refractivity contribution in [1.82, 2.24) is 4.98 Å². The number of hydrogen-bond donors (Lipinski definition) is 1. The average molecular weight is 316 g/mol. The quantitative estimate of drug-likeness (QED) is 0.399. The molecule has 0 atom stereocenters. The Bertz CT molecular complexity index is 505. The molecule has 2 heterocycles. The summed E-state index contributed by atoms with van der Waals surface area (Å²) in [5, 5.41) is 5.67. The number of anilines is 1. The summed E-state index contributed by atoms with van der Waals surface area (Å²) < 4.78 is 5.82. The van der Waals surface area contributed by atoms with Crippen molar-refractivity contribution in [3.63, 3.8) is 0 Å². The largest absolute Gasteiger partial charge is 0.459 e. The van der Waals surface area contributed by atoms with E-state index < -0.39 is 11.9 Å². The molecule has 19 heavy (non-hydrogen) atoms. The first-order chi connectivity index (χ1) is 9.08. The zero-order chi connectivity index (χ0) is 13.8. The number of thiazole rings is 1. The van der Waals surface area contributed by atoms with Crippen LogP contribution in [0.4, 0.5) is 5.13 Å². The zero-order valence-corrected chi connectivity index (χ0v) is 12.8. The summed E-state index contributed by atoms with van der Waals surface area (Å²) in [5.41, 5.74) is 0.0742. The number of nitrogens with zero attached hydrogens (tertiary/aromatic N) is 1. The minimum atomic E-state index is -0.584. The predicted molar refractivity (Wildman–Crippen MR) is 79.0 cm³/mol. The first-order valence-corrected chi connectivity index (χ1v) is 8.34. The van der Waals surface area contributed by atoms with Crippen LogP contribution in [0.1, 0.15) is 13.8 Å². The van der Waals surface area contributed by atoms with E-state index in [1.165, 1.54) is 34.9 Å². The van der Waals surface area contributed by atoms with E-state index in [1.807, 2.05) is 0 Å². The van der Waals surface area contributed by atoms with Crippen molar-refractivity contribution in [3.8, 4) is 0 Å². The van der Waals surface area contributed by atoms with E-state index in [0.717, 1.165) is 5.08 Å². The standard InChI is InChI=1S/C11H12N2O3S3/c1-6(2)16-9(15)7(10-18-5-19-10)8(14)13-11-12-3-4-17-11/h3-4,6H,5H2,1-2H3,(H,12,13,14). The van der Waals surface area contributed by atoms with Gasteiger partial charge < -0.3 is 4.74 Å². The summed E-state index contributed by atoms with van der Waals surface area (Å²) in [6.45, 7) is 3.50. The first-order valence-electron chi connectivity index (χ1n) is 5.49. The van der Waals surface area contributed by atoms with E-state index in [0.29, 0.717) is 9.37 Å². The van der Waals surface area contributed by atoms with Crippen LogP contribution in [0.15, 0.2) is 21.4 Å².